The first-order valence-electron chi connectivity index (χ1n) is 10.9. The molecule has 1 fully saturated rings. The lowest BCUT2D eigenvalue weighted by Crippen LogP contribution is -2.37. The number of rotatable bonds is 5. The van der Waals surface area contributed by atoms with E-state index >= 15 is 0 Å². The predicted octanol–water partition coefficient (Wildman–Crippen LogP) is 4.85. The Morgan fingerprint density at radius 1 is 1.09 bits per heavy atom. The van der Waals surface area contributed by atoms with Crippen LogP contribution in [-0.2, 0) is 6.42 Å². The molecule has 2 aromatic carbocycles. The van der Waals surface area contributed by atoms with E-state index in [0.717, 1.165) is 46.9 Å². The molecule has 6 nitrogen and oxygen atoms in total. The highest BCUT2D eigenvalue weighted by molar-refractivity contribution is 7.15. The Bertz CT molecular complexity index is 1230. The number of aromatic nitrogens is 4. The van der Waals surface area contributed by atoms with Crippen LogP contribution in [0, 0.1) is 13.8 Å². The topological polar surface area (TPSA) is 63.9 Å². The lowest BCUT2D eigenvalue weighted by Gasteiger charge is -2.24. The quantitative estimate of drug-likeness (QED) is 0.442. The number of hydrogen-bond acceptors (Lipinski definition) is 5. The summed E-state index contributed by atoms with van der Waals surface area (Å²) in [4.78, 5) is 22.9. The molecule has 0 saturated carbocycles. The third kappa shape index (κ3) is 4.08. The molecule has 3 heterocycles. The average molecular weight is 444 g/mol. The van der Waals surface area contributed by atoms with Crippen LogP contribution in [0.25, 0.3) is 16.1 Å². The van der Waals surface area contributed by atoms with E-state index < -0.39 is 0 Å². The second kappa shape index (κ2) is 8.67. The van der Waals surface area contributed by atoms with Crippen LogP contribution in [0.15, 0.2) is 60.9 Å². The van der Waals surface area contributed by atoms with Gasteiger partial charge in [-0.05, 0) is 56.4 Å². The normalized spacial score (nSPS) is 15.9. The van der Waals surface area contributed by atoms with Crippen molar-refractivity contribution in [3.05, 3.63) is 82.8 Å². The molecule has 0 bridgehead atoms. The minimum Gasteiger partial charge on any atom is -0.334 e. The first kappa shape index (κ1) is 20.6. The number of carbonyl (C=O) groups excluding carboxylic acids is 1. The summed E-state index contributed by atoms with van der Waals surface area (Å²) in [6.07, 6.45) is 6.20. The fourth-order valence-corrected chi connectivity index (χ4v) is 5.30. The van der Waals surface area contributed by atoms with Crippen molar-refractivity contribution >= 4 is 17.2 Å². The van der Waals surface area contributed by atoms with Crippen molar-refractivity contribution in [1.29, 1.82) is 0 Å². The van der Waals surface area contributed by atoms with Gasteiger partial charge in [-0.2, -0.15) is 15.0 Å². The molecule has 1 aliphatic heterocycles. The van der Waals surface area contributed by atoms with Crippen LogP contribution in [0.1, 0.15) is 39.5 Å². The number of aryl methyl sites for hydroxylation is 2. The van der Waals surface area contributed by atoms with Crippen LogP contribution >= 0.6 is 11.3 Å². The van der Waals surface area contributed by atoms with E-state index in [4.69, 9.17) is 0 Å². The Kier molecular flexibility index (Phi) is 5.57. The molecule has 1 atom stereocenters. The van der Waals surface area contributed by atoms with Crippen LogP contribution in [0.3, 0.4) is 0 Å². The van der Waals surface area contributed by atoms with Gasteiger partial charge in [-0.25, -0.2) is 4.98 Å². The molecule has 162 valence electrons. The van der Waals surface area contributed by atoms with Gasteiger partial charge in [0, 0.05) is 12.6 Å². The van der Waals surface area contributed by atoms with E-state index in [9.17, 15) is 4.79 Å². The first-order valence-corrected chi connectivity index (χ1v) is 11.7. The van der Waals surface area contributed by atoms with Crippen LogP contribution in [-0.4, -0.2) is 43.4 Å². The van der Waals surface area contributed by atoms with Gasteiger partial charge in [0.15, 0.2) is 0 Å². The number of carbonyl (C=O) groups is 1. The van der Waals surface area contributed by atoms with E-state index in [2.05, 4.69) is 52.4 Å². The third-order valence-electron chi connectivity index (χ3n) is 5.91. The summed E-state index contributed by atoms with van der Waals surface area (Å²) in [5.41, 5.74) is 4.97. The second-order valence-corrected chi connectivity index (χ2v) is 9.47. The molecule has 32 heavy (non-hydrogen) atoms. The van der Waals surface area contributed by atoms with Gasteiger partial charge in [-0.3, -0.25) is 4.79 Å². The smallest absolute Gasteiger partial charge is 0.274 e. The van der Waals surface area contributed by atoms with Crippen LogP contribution < -0.4 is 0 Å². The Balaban J connectivity index is 1.37. The summed E-state index contributed by atoms with van der Waals surface area (Å²) in [6.45, 7) is 4.82. The van der Waals surface area contributed by atoms with Crippen LogP contribution in [0.4, 0.5) is 0 Å². The van der Waals surface area contributed by atoms with Crippen molar-refractivity contribution in [3.8, 4) is 16.1 Å². The molecule has 5 rings (SSSR count). The Morgan fingerprint density at radius 2 is 1.88 bits per heavy atom. The maximum absolute atomic E-state index is 13.6. The Morgan fingerprint density at radius 3 is 2.62 bits per heavy atom. The minimum atomic E-state index is 0.0470. The Hall–Kier alpha value is -3.32. The van der Waals surface area contributed by atoms with E-state index in [0.29, 0.717) is 5.69 Å². The van der Waals surface area contributed by atoms with Crippen LogP contribution in [0.2, 0.25) is 0 Å². The molecule has 0 aliphatic carbocycles. The van der Waals surface area contributed by atoms with Gasteiger partial charge >= 0.3 is 0 Å². The molecule has 4 aromatic rings. The molecule has 2 aromatic heterocycles. The maximum Gasteiger partial charge on any atom is 0.274 e. The predicted molar refractivity (Wildman–Crippen MR) is 126 cm³/mol. The summed E-state index contributed by atoms with van der Waals surface area (Å²) >= 11 is 1.60. The molecular weight excluding hydrogens is 418 g/mol. The molecule has 1 saturated heterocycles. The van der Waals surface area contributed by atoms with Gasteiger partial charge in [0.25, 0.3) is 5.91 Å². The number of likely N-dealkylation sites (tertiary alicyclic amines) is 1. The molecule has 0 N–H and O–H groups in total. The van der Waals surface area contributed by atoms with E-state index in [1.54, 1.807) is 28.5 Å². The highest BCUT2D eigenvalue weighted by atomic mass is 32.1. The maximum atomic E-state index is 13.6. The van der Waals surface area contributed by atoms with E-state index in [1.165, 1.54) is 11.1 Å². The summed E-state index contributed by atoms with van der Waals surface area (Å²) < 4.78 is 0. The molecule has 1 aliphatic rings. The highest BCUT2D eigenvalue weighted by Gasteiger charge is 2.32. The summed E-state index contributed by atoms with van der Waals surface area (Å²) in [5.74, 6) is 0.0470. The number of hydrogen-bond donors (Lipinski definition) is 0. The fraction of sp³-hybridized carbons (Fsp3) is 0.280. The van der Waals surface area contributed by atoms with E-state index in [-0.39, 0.29) is 11.9 Å². The molecule has 7 heteroatoms. The number of thiazole rings is 1. The summed E-state index contributed by atoms with van der Waals surface area (Å²) in [7, 11) is 0. The van der Waals surface area contributed by atoms with Crippen molar-refractivity contribution in [2.24, 2.45) is 0 Å². The van der Waals surface area contributed by atoms with Crippen molar-refractivity contribution in [1.82, 2.24) is 24.9 Å². The number of nitrogens with zero attached hydrogens (tertiary/aromatic N) is 5. The molecule has 0 radical (unpaired) electrons. The fourth-order valence-electron chi connectivity index (χ4n) is 4.39. The zero-order valence-electron chi connectivity index (χ0n) is 18.2. The lowest BCUT2D eigenvalue weighted by molar-refractivity contribution is 0.0732. The average Bonchev–Trinajstić information content (AvgIpc) is 3.55. The highest BCUT2D eigenvalue weighted by Crippen LogP contribution is 2.33. The van der Waals surface area contributed by atoms with E-state index in [1.807, 2.05) is 30.0 Å². The van der Waals surface area contributed by atoms with Crippen molar-refractivity contribution in [3.63, 3.8) is 0 Å². The van der Waals surface area contributed by atoms with Gasteiger partial charge in [0.1, 0.15) is 5.69 Å². The standard InChI is InChI=1S/C25H25N5OS/c1-17-5-3-6-20(15-17)24-23(28-18(2)32-24)25(31)29-14-4-7-22(29)16-19-8-10-21(11-9-19)30-26-12-13-27-30/h3,5-6,8-13,15,22H,4,7,14,16H2,1-2H3/t22-/m0/s1. The van der Waals surface area contributed by atoms with Crippen molar-refractivity contribution < 1.29 is 4.79 Å². The van der Waals surface area contributed by atoms with Crippen LogP contribution in [0.5, 0.6) is 0 Å². The molecule has 0 spiro atoms. The molecule has 0 unspecified atom stereocenters. The van der Waals surface area contributed by atoms with Gasteiger partial charge in [0.05, 0.1) is 28.0 Å². The minimum absolute atomic E-state index is 0.0470. The largest absolute Gasteiger partial charge is 0.334 e. The van der Waals surface area contributed by atoms with Crippen molar-refractivity contribution in [2.45, 2.75) is 39.2 Å². The SMILES string of the molecule is Cc1cccc(-c2sc(C)nc2C(=O)N2CCC[C@H]2Cc2ccc(-n3nccn3)cc2)c1. The van der Waals surface area contributed by atoms with Gasteiger partial charge in [0.2, 0.25) is 0 Å². The zero-order chi connectivity index (χ0) is 22.1. The monoisotopic (exact) mass is 443 g/mol. The van der Waals surface area contributed by atoms with Crippen molar-refractivity contribution in [2.75, 3.05) is 6.54 Å². The lowest BCUT2D eigenvalue weighted by atomic mass is 10.0. The van der Waals surface area contributed by atoms with Gasteiger partial charge in [-0.15, -0.1) is 11.3 Å². The van der Waals surface area contributed by atoms with Gasteiger partial charge < -0.3 is 4.90 Å². The number of benzene rings is 2. The molecular formula is C25H25N5OS. The third-order valence-corrected chi connectivity index (χ3v) is 6.93. The first-order chi connectivity index (χ1) is 15.6. The summed E-state index contributed by atoms with van der Waals surface area (Å²) in [5, 5.41) is 9.27. The van der Waals surface area contributed by atoms with Gasteiger partial charge in [-0.1, -0.05) is 42.0 Å². The summed E-state index contributed by atoms with van der Waals surface area (Å²) in [6, 6.07) is 16.7. The second-order valence-electron chi connectivity index (χ2n) is 8.26. The molecule has 1 amide bonds. The Labute approximate surface area is 191 Å². The zero-order valence-corrected chi connectivity index (χ0v) is 19.0. The number of amides is 1.